The fourth-order valence-corrected chi connectivity index (χ4v) is 8.73. The number of nitriles is 13. The molecule has 460 valence electrons. The number of fused-ring (bicyclic) bond motifs is 6. The molecule has 1 fully saturated rings. The molecule has 8 aromatic rings. The lowest BCUT2D eigenvalue weighted by atomic mass is 9.99. The zero-order chi connectivity index (χ0) is 72.3. The third-order valence-corrected chi connectivity index (χ3v) is 13.1. The smallest absolute Gasteiger partial charge is 0.237 e. The van der Waals surface area contributed by atoms with E-state index in [4.69, 9.17) is 39.5 Å². The standard InChI is InChI=1S/C30H3F12N5.C19HN11.C12F4N4/c1-7-17(31)21(35)13(22(36)18(7)32)8(4-43)11-12(9(5-44)14-23(37)27(41)30(47-3)28(42)24(14)38)15(11)29(46-2)16-25(39)19(33)10(6-45)20(34)26(16)40;20-2-8-1-9-15(26-10(8)3-21)17-19(30-14(7-25)13(6-24)29-17)18-16(9)27-11(4-22)12(5-23)28-18;13-9-7(5(1-17)2-18)10(14)12(16)8(11(9)15)6(3-19)4-20/h1H3;1H;. The van der Waals surface area contributed by atoms with Gasteiger partial charge < -0.3 is 0 Å². The monoisotopic (exact) mass is 1320 g/mol. The highest BCUT2D eigenvalue weighted by atomic mass is 19.2. The normalized spacial score (nSPS) is 12.2. The number of allylic oxidation sites excluding steroid dienone is 5. The van der Waals surface area contributed by atoms with Crippen LogP contribution in [0.2, 0.25) is 0 Å². The third-order valence-electron chi connectivity index (χ3n) is 13.1. The first-order valence-electron chi connectivity index (χ1n) is 24.4. The lowest BCUT2D eigenvalue weighted by Gasteiger charge is -2.09. The minimum absolute atomic E-state index is 0.0163. The van der Waals surface area contributed by atoms with Crippen LogP contribution in [0.25, 0.3) is 70.6 Å². The van der Waals surface area contributed by atoms with Gasteiger partial charge in [-0.1, -0.05) is 0 Å². The quantitative estimate of drug-likeness (QED) is 0.0521. The fraction of sp³-hybridized carbons (Fsp3) is 0.0164. The highest BCUT2D eigenvalue weighted by Crippen LogP contribution is 2.58. The molecule has 36 heteroatoms. The highest BCUT2D eigenvalue weighted by Gasteiger charge is 2.46. The molecular formula is C61H4F16N20. The lowest BCUT2D eigenvalue weighted by molar-refractivity contribution is 0.434. The lowest BCUT2D eigenvalue weighted by Crippen LogP contribution is -2.31. The Morgan fingerprint density at radius 3 is 0.969 bits per heavy atom. The summed E-state index contributed by atoms with van der Waals surface area (Å²) in [6.45, 7) is 14.7. The molecule has 5 aromatic carbocycles. The zero-order valence-electron chi connectivity index (χ0n) is 46.1. The number of pyridine rings is 1. The van der Waals surface area contributed by atoms with E-state index in [-0.39, 0.29) is 67.0 Å². The molecule has 0 N–H and O–H groups in total. The van der Waals surface area contributed by atoms with Crippen molar-refractivity contribution in [1.82, 2.24) is 24.9 Å². The van der Waals surface area contributed by atoms with E-state index in [2.05, 4.69) is 34.6 Å². The Morgan fingerprint density at radius 1 is 0.351 bits per heavy atom. The molecule has 0 bridgehead atoms. The maximum absolute atomic E-state index is 15.0. The van der Waals surface area contributed by atoms with Gasteiger partial charge in [0.1, 0.15) is 123 Å². The largest absolute Gasteiger partial charge is 0.262 e. The Morgan fingerprint density at radius 2 is 0.670 bits per heavy atom. The second kappa shape index (κ2) is 26.8. The number of rotatable bonds is 3. The van der Waals surface area contributed by atoms with E-state index in [1.165, 1.54) is 6.07 Å². The molecule has 9 rings (SSSR count). The molecule has 0 saturated heterocycles. The Bertz CT molecular complexity index is 5360. The summed E-state index contributed by atoms with van der Waals surface area (Å²) >= 11 is 0. The second-order valence-electron chi connectivity index (χ2n) is 17.9. The van der Waals surface area contributed by atoms with Crippen molar-refractivity contribution in [3.05, 3.63) is 211 Å². The molecule has 97 heavy (non-hydrogen) atoms. The van der Waals surface area contributed by atoms with Gasteiger partial charge in [0.05, 0.1) is 57.0 Å². The molecule has 20 nitrogen and oxygen atoms in total. The zero-order valence-corrected chi connectivity index (χ0v) is 46.1. The topological polar surface area (TPSA) is 382 Å². The van der Waals surface area contributed by atoms with E-state index in [0.717, 1.165) is 42.5 Å². The summed E-state index contributed by atoms with van der Waals surface area (Å²) in [4.78, 5) is 25.7. The van der Waals surface area contributed by atoms with Gasteiger partial charge in [0.2, 0.25) is 5.70 Å². The van der Waals surface area contributed by atoms with E-state index >= 15 is 26.3 Å². The Labute approximate surface area is 525 Å². The number of benzene rings is 5. The van der Waals surface area contributed by atoms with Crippen LogP contribution in [-0.2, 0) is 0 Å². The van der Waals surface area contributed by atoms with E-state index in [9.17, 15) is 86.0 Å². The number of hydrogen-bond donors (Lipinski definition) is 0. The van der Waals surface area contributed by atoms with Crippen LogP contribution in [0, 0.1) is 260 Å². The fourth-order valence-electron chi connectivity index (χ4n) is 8.73. The Hall–Kier alpha value is -15.6. The summed E-state index contributed by atoms with van der Waals surface area (Å²) in [6, 6.07) is 19.3. The predicted octanol–water partition coefficient (Wildman–Crippen LogP) is 10.7. The van der Waals surface area contributed by atoms with Crippen molar-refractivity contribution in [2.75, 3.05) is 0 Å². The van der Waals surface area contributed by atoms with E-state index in [0.29, 0.717) is 6.92 Å². The number of nitrogens with zero attached hydrogens (tertiary/aromatic N) is 20. The first-order chi connectivity index (χ1) is 46.1. The molecular weight excluding hydrogens is 1320 g/mol. The predicted molar refractivity (Wildman–Crippen MR) is 284 cm³/mol. The third kappa shape index (κ3) is 10.9. The maximum atomic E-state index is 15.0. The van der Waals surface area contributed by atoms with Crippen LogP contribution in [0.15, 0.2) is 22.8 Å². The van der Waals surface area contributed by atoms with Gasteiger partial charge in [-0.3, -0.25) is 0 Å². The number of halogens is 16. The molecule has 1 aliphatic rings. The molecule has 0 radical (unpaired) electrons. The van der Waals surface area contributed by atoms with Crippen LogP contribution in [-0.4, -0.2) is 24.9 Å². The average Bonchev–Trinajstić information content (AvgIpc) is 1.59. The molecule has 0 atom stereocenters. The Kier molecular flexibility index (Phi) is 19.1. The van der Waals surface area contributed by atoms with Crippen LogP contribution >= 0.6 is 0 Å². The van der Waals surface area contributed by atoms with Crippen molar-refractivity contribution in [3.63, 3.8) is 0 Å². The second-order valence-corrected chi connectivity index (χ2v) is 17.9. The van der Waals surface area contributed by atoms with Crippen molar-refractivity contribution in [2.45, 2.75) is 6.92 Å². The average molecular weight is 1320 g/mol. The maximum Gasteiger partial charge on any atom is 0.262 e. The van der Waals surface area contributed by atoms with Gasteiger partial charge in [-0.05, 0) is 29.7 Å². The summed E-state index contributed by atoms with van der Waals surface area (Å²) in [5.74, 6) is -36.5. The van der Waals surface area contributed by atoms with E-state index in [1.807, 2.05) is 12.1 Å². The summed E-state index contributed by atoms with van der Waals surface area (Å²) < 4.78 is 232. The molecule has 0 spiro atoms. The van der Waals surface area contributed by atoms with Crippen LogP contribution in [0.4, 0.5) is 75.9 Å². The van der Waals surface area contributed by atoms with Gasteiger partial charge in [-0.2, -0.15) is 68.4 Å². The molecule has 0 amide bonds. The molecule has 3 heterocycles. The van der Waals surface area contributed by atoms with Crippen LogP contribution < -0.4 is 10.4 Å². The number of aromatic nitrogens is 5. The van der Waals surface area contributed by atoms with Crippen LogP contribution in [0.3, 0.4) is 0 Å². The van der Waals surface area contributed by atoms with Gasteiger partial charge in [-0.25, -0.2) is 105 Å². The highest BCUT2D eigenvalue weighted by molar-refractivity contribution is 6.20. The summed E-state index contributed by atoms with van der Waals surface area (Å²) in [6.07, 6.45) is 0. The first kappa shape index (κ1) is 68.9. The van der Waals surface area contributed by atoms with Crippen LogP contribution in [0.5, 0.6) is 0 Å². The summed E-state index contributed by atoms with van der Waals surface area (Å²) in [7, 11) is 0. The molecule has 3 aromatic heterocycles. The van der Waals surface area contributed by atoms with Gasteiger partial charge in [0, 0.05) is 10.9 Å². The molecule has 0 aliphatic heterocycles. The van der Waals surface area contributed by atoms with Gasteiger partial charge >= 0.3 is 0 Å². The van der Waals surface area contributed by atoms with Crippen molar-refractivity contribution in [2.24, 2.45) is 0 Å². The van der Waals surface area contributed by atoms with Crippen LogP contribution in [0.1, 0.15) is 61.9 Å². The molecule has 0 unspecified atom stereocenters. The summed E-state index contributed by atoms with van der Waals surface area (Å²) in [5, 5.41) is 116. The minimum Gasteiger partial charge on any atom is -0.237 e. The van der Waals surface area contributed by atoms with Gasteiger partial charge in [-0.15, -0.1) is 0 Å². The molecule has 1 aliphatic carbocycles. The Balaban J connectivity index is 0.000000226. The van der Waals surface area contributed by atoms with Gasteiger partial charge in [0.15, 0.2) is 122 Å². The van der Waals surface area contributed by atoms with Gasteiger partial charge in [0.25, 0.3) is 5.69 Å². The van der Waals surface area contributed by atoms with Crippen molar-refractivity contribution >= 4 is 66.6 Å². The minimum atomic E-state index is -2.48. The van der Waals surface area contributed by atoms with E-state index in [1.54, 1.807) is 24.3 Å². The van der Waals surface area contributed by atoms with Crippen molar-refractivity contribution < 1.29 is 70.2 Å². The van der Waals surface area contributed by atoms with E-state index < -0.39 is 182 Å². The number of hydrogen-bond acceptors (Lipinski definition) is 18. The van der Waals surface area contributed by atoms with Crippen molar-refractivity contribution in [1.29, 1.82) is 68.4 Å². The SMILES string of the molecule is N#CC(C#N)=c1c(F)c(F)c(=C(C#N)C#N)c(F)c1F.N#Cc1cc2c(nc1C#N)c1nc(C#N)c(C#N)nc1c1nc(C#N)c(C#N)nc21.[C-]#[N+]C(=C1C(=C(C#N)c2c(F)c(F)c(C)c(F)c2F)C1=C(C#N)c1c(F)c(F)c([N+]#[C-])c(F)c1F)c1c(F)c(F)c(C#N)c(F)c1F. The first-order valence-corrected chi connectivity index (χ1v) is 24.4. The molecule has 1 saturated carbocycles. The summed E-state index contributed by atoms with van der Waals surface area (Å²) in [5.41, 5.74) is -23.5. The van der Waals surface area contributed by atoms with Crippen molar-refractivity contribution in [3.8, 4) is 78.9 Å².